The zero-order valence-electron chi connectivity index (χ0n) is 10.7. The molecule has 5 atom stereocenters. The predicted molar refractivity (Wildman–Crippen MR) is 68.7 cm³/mol. The van der Waals surface area contributed by atoms with Crippen LogP contribution in [0, 0.1) is 0 Å². The molecule has 1 unspecified atom stereocenters. The summed E-state index contributed by atoms with van der Waals surface area (Å²) >= 11 is 0. The molecule has 10 nitrogen and oxygen atoms in total. The van der Waals surface area contributed by atoms with Gasteiger partial charge in [0.2, 0.25) is 0 Å². The van der Waals surface area contributed by atoms with E-state index in [1.165, 1.54) is 6.20 Å². The molecule has 2 fully saturated rings. The van der Waals surface area contributed by atoms with Gasteiger partial charge in [0.25, 0.3) is 5.56 Å². The third-order valence-corrected chi connectivity index (χ3v) is 4.96. The normalized spacial score (nSPS) is 38.6. The number of hydrogen-bond donors (Lipinski definition) is 3. The number of aromatic amines is 1. The van der Waals surface area contributed by atoms with Crippen LogP contribution in [0.25, 0.3) is 0 Å². The molecule has 0 radical (unpaired) electrons. The highest BCUT2D eigenvalue weighted by Crippen LogP contribution is 2.59. The molecule has 3 heterocycles. The maximum Gasteiger partial charge on any atom is 0.345 e. The molecule has 2 aliphatic heterocycles. The third kappa shape index (κ3) is 2.39. The van der Waals surface area contributed by atoms with E-state index in [2.05, 4.69) is 4.98 Å². The first-order valence-electron chi connectivity index (χ1n) is 6.21. The maximum absolute atomic E-state index is 12.1. The molecule has 4 N–H and O–H groups in total. The predicted octanol–water partition coefficient (Wildman–Crippen LogP) is -1.68. The van der Waals surface area contributed by atoms with Crippen molar-refractivity contribution in [2.45, 2.75) is 24.5 Å². The maximum atomic E-state index is 12.1. The fourth-order valence-corrected chi connectivity index (χ4v) is 3.87. The molecule has 1 aromatic rings. The third-order valence-electron chi connectivity index (χ3n) is 3.38. The minimum absolute atomic E-state index is 0.314. The largest absolute Gasteiger partial charge is 0.394 e. The van der Waals surface area contributed by atoms with Crippen molar-refractivity contribution >= 4 is 7.60 Å². The van der Waals surface area contributed by atoms with Gasteiger partial charge < -0.3 is 15.6 Å². The van der Waals surface area contributed by atoms with Crippen molar-refractivity contribution in [3.63, 3.8) is 0 Å². The number of aliphatic hydroxyl groups excluding tert-OH is 1. The molecule has 0 spiro atoms. The van der Waals surface area contributed by atoms with Crippen LogP contribution < -0.4 is 17.0 Å². The lowest BCUT2D eigenvalue weighted by molar-refractivity contribution is -0.0591. The standard InChI is InChI=1S/C10H14N3O7P/c11-4-21(17)19-7-5(3-14)18-9(8(7)20-21)13-2-1-6(15)12-10(13)16/h1-2,5,7-9,14H,3-4,11H2,(H,12,15,16)/t5-,7-,8-,9-,21?/m1/s1. The molecule has 116 valence electrons. The highest BCUT2D eigenvalue weighted by atomic mass is 31.2. The molecule has 2 aliphatic rings. The van der Waals surface area contributed by atoms with Crippen LogP contribution >= 0.6 is 7.60 Å². The summed E-state index contributed by atoms with van der Waals surface area (Å²) in [6.07, 6.45) is -2.52. The van der Waals surface area contributed by atoms with Gasteiger partial charge in [-0.25, -0.2) is 4.79 Å². The molecule has 0 aliphatic carbocycles. The molecule has 1 aromatic heterocycles. The van der Waals surface area contributed by atoms with Crippen LogP contribution in [-0.2, 0) is 18.3 Å². The Morgan fingerprint density at radius 2 is 2.10 bits per heavy atom. The van der Waals surface area contributed by atoms with Gasteiger partial charge in [-0.2, -0.15) is 0 Å². The van der Waals surface area contributed by atoms with Crippen molar-refractivity contribution in [1.29, 1.82) is 0 Å². The van der Waals surface area contributed by atoms with Crippen molar-refractivity contribution < 1.29 is 23.5 Å². The molecule has 21 heavy (non-hydrogen) atoms. The highest BCUT2D eigenvalue weighted by molar-refractivity contribution is 7.54. The number of aliphatic hydroxyl groups is 1. The van der Waals surface area contributed by atoms with Gasteiger partial charge in [0.15, 0.2) is 6.23 Å². The fraction of sp³-hybridized carbons (Fsp3) is 0.600. The molecule has 3 rings (SSSR count). The quantitative estimate of drug-likeness (QED) is 0.560. The first-order chi connectivity index (χ1) is 9.97. The smallest absolute Gasteiger partial charge is 0.345 e. The average Bonchev–Trinajstić information content (AvgIpc) is 2.94. The monoisotopic (exact) mass is 319 g/mol. The first-order valence-corrected chi connectivity index (χ1v) is 7.94. The zero-order chi connectivity index (χ0) is 15.2. The van der Waals surface area contributed by atoms with Crippen molar-refractivity contribution in [3.05, 3.63) is 33.1 Å². The number of H-pyrrole nitrogens is 1. The summed E-state index contributed by atoms with van der Waals surface area (Å²) in [5, 5.41) is 9.31. The van der Waals surface area contributed by atoms with E-state index in [4.69, 9.17) is 19.5 Å². The molecule has 0 saturated carbocycles. The summed E-state index contributed by atoms with van der Waals surface area (Å²) in [6, 6.07) is 1.14. The number of nitrogens with one attached hydrogen (secondary N) is 1. The molecule has 2 saturated heterocycles. The molecular formula is C10H14N3O7P. The van der Waals surface area contributed by atoms with E-state index < -0.39 is 50.0 Å². The van der Waals surface area contributed by atoms with Gasteiger partial charge in [0.1, 0.15) is 18.3 Å². The molecule has 0 bridgehead atoms. The van der Waals surface area contributed by atoms with Gasteiger partial charge in [0.05, 0.1) is 12.9 Å². The Labute approximate surface area is 118 Å². The van der Waals surface area contributed by atoms with Gasteiger partial charge in [0, 0.05) is 12.3 Å². The Hall–Kier alpha value is -1.29. The average molecular weight is 319 g/mol. The second kappa shape index (κ2) is 5.16. The Kier molecular flexibility index (Phi) is 3.60. The number of aromatic nitrogens is 2. The second-order valence-corrected chi connectivity index (χ2v) is 6.71. The number of fused-ring (bicyclic) bond motifs is 1. The number of ether oxygens (including phenoxy) is 1. The van der Waals surface area contributed by atoms with E-state index in [0.717, 1.165) is 10.6 Å². The molecule has 0 amide bonds. The number of nitrogens with two attached hydrogens (primary N) is 1. The molecule has 11 heteroatoms. The van der Waals surface area contributed by atoms with Crippen molar-refractivity contribution in [2.75, 3.05) is 12.9 Å². The number of hydrogen-bond acceptors (Lipinski definition) is 8. The lowest BCUT2D eigenvalue weighted by atomic mass is 10.1. The van der Waals surface area contributed by atoms with Gasteiger partial charge >= 0.3 is 13.3 Å². The SMILES string of the molecule is NCP1(=O)O[C@@H]2[C@H](O1)[C@@H](CO)O[C@H]2n1ccc(=O)[nH]c1=O. The van der Waals surface area contributed by atoms with Crippen molar-refractivity contribution in [2.24, 2.45) is 5.73 Å². The van der Waals surface area contributed by atoms with Crippen LogP contribution in [0.5, 0.6) is 0 Å². The summed E-state index contributed by atoms with van der Waals surface area (Å²) in [5.41, 5.74) is 4.10. The first kappa shape index (κ1) is 14.6. The topological polar surface area (TPSA) is 146 Å². The lowest BCUT2D eigenvalue weighted by Crippen LogP contribution is -2.36. The van der Waals surface area contributed by atoms with Gasteiger partial charge in [-0.15, -0.1) is 0 Å². The van der Waals surface area contributed by atoms with Crippen LogP contribution in [0.3, 0.4) is 0 Å². The summed E-state index contributed by atoms with van der Waals surface area (Å²) < 4.78 is 29.3. The van der Waals surface area contributed by atoms with Crippen molar-refractivity contribution in [1.82, 2.24) is 9.55 Å². The second-order valence-electron chi connectivity index (χ2n) is 4.70. The summed E-state index contributed by atoms with van der Waals surface area (Å²) in [7, 11) is -3.46. The molecule has 0 aromatic carbocycles. The van der Waals surface area contributed by atoms with Crippen LogP contribution in [0.2, 0.25) is 0 Å². The van der Waals surface area contributed by atoms with E-state index in [0.29, 0.717) is 0 Å². The van der Waals surface area contributed by atoms with E-state index in [1.807, 2.05) is 0 Å². The van der Waals surface area contributed by atoms with E-state index >= 15 is 0 Å². The Balaban J connectivity index is 1.98. The van der Waals surface area contributed by atoms with E-state index in [9.17, 15) is 19.3 Å². The van der Waals surface area contributed by atoms with Crippen molar-refractivity contribution in [3.8, 4) is 0 Å². The minimum atomic E-state index is -3.46. The van der Waals surface area contributed by atoms with Crippen LogP contribution in [0.1, 0.15) is 6.23 Å². The summed E-state index contributed by atoms with van der Waals surface area (Å²) in [6.45, 7) is -0.399. The van der Waals surface area contributed by atoms with Gasteiger partial charge in [-0.05, 0) is 0 Å². The number of nitrogens with zero attached hydrogens (tertiary/aromatic N) is 1. The Morgan fingerprint density at radius 1 is 1.38 bits per heavy atom. The van der Waals surface area contributed by atoms with Crippen LogP contribution in [0.4, 0.5) is 0 Å². The van der Waals surface area contributed by atoms with E-state index in [1.54, 1.807) is 0 Å². The highest BCUT2D eigenvalue weighted by Gasteiger charge is 2.57. The zero-order valence-corrected chi connectivity index (χ0v) is 11.6. The van der Waals surface area contributed by atoms with E-state index in [-0.39, 0.29) is 6.29 Å². The number of rotatable bonds is 3. The van der Waals surface area contributed by atoms with Crippen LogP contribution in [-0.4, -0.2) is 45.9 Å². The lowest BCUT2D eigenvalue weighted by Gasteiger charge is -2.19. The fourth-order valence-electron chi connectivity index (χ4n) is 2.43. The Morgan fingerprint density at radius 3 is 2.71 bits per heavy atom. The Bertz CT molecular complexity index is 700. The molecular weight excluding hydrogens is 305 g/mol. The summed E-state index contributed by atoms with van der Waals surface area (Å²) in [5.74, 6) is 0. The minimum Gasteiger partial charge on any atom is -0.394 e. The van der Waals surface area contributed by atoms with Gasteiger partial charge in [-0.3, -0.25) is 28.0 Å². The summed E-state index contributed by atoms with van der Waals surface area (Å²) in [4.78, 5) is 25.0. The van der Waals surface area contributed by atoms with Gasteiger partial charge in [-0.1, -0.05) is 0 Å². The van der Waals surface area contributed by atoms with Crippen LogP contribution in [0.15, 0.2) is 21.9 Å².